The van der Waals surface area contributed by atoms with Gasteiger partial charge in [0.2, 0.25) is 0 Å². The van der Waals surface area contributed by atoms with Gasteiger partial charge in [0.1, 0.15) is 18.1 Å². The number of carbonyl (C=O) groups is 1. The number of methoxy groups -OCH3 is 1. The Kier molecular flexibility index (Phi) is 6.76. The Morgan fingerprint density at radius 3 is 2.11 bits per heavy atom. The molecule has 5 nitrogen and oxygen atoms in total. The molecule has 0 saturated carbocycles. The molecule has 0 atom stereocenters. The van der Waals surface area contributed by atoms with Crippen LogP contribution in [0, 0.1) is 0 Å². The summed E-state index contributed by atoms with van der Waals surface area (Å²) in [6.07, 6.45) is 0. The number of hydrogen-bond acceptors (Lipinski definition) is 3. The van der Waals surface area contributed by atoms with Gasteiger partial charge in [0, 0.05) is 17.3 Å². The zero-order valence-electron chi connectivity index (χ0n) is 15.4. The minimum atomic E-state index is -0.273. The summed E-state index contributed by atoms with van der Waals surface area (Å²) in [5.41, 5.74) is 2.71. The molecule has 2 N–H and O–H groups in total. The highest BCUT2D eigenvalue weighted by Crippen LogP contribution is 2.18. The Morgan fingerprint density at radius 2 is 1.46 bits per heavy atom. The van der Waals surface area contributed by atoms with Crippen LogP contribution < -0.4 is 20.1 Å². The molecule has 0 saturated heterocycles. The standard InChI is InChI=1S/C22H21ClN2O3/c1-27-20-10-4-16(5-11-20)14-24-22(26)25-19-8-12-21(13-9-19)28-15-17-2-6-18(23)7-3-17/h2-13H,14-15H2,1H3,(H2,24,25,26). The number of rotatable bonds is 7. The molecule has 28 heavy (non-hydrogen) atoms. The quantitative estimate of drug-likeness (QED) is 0.573. The molecule has 3 rings (SSSR count). The summed E-state index contributed by atoms with van der Waals surface area (Å²) >= 11 is 5.87. The lowest BCUT2D eigenvalue weighted by molar-refractivity contribution is 0.251. The number of hydrogen-bond donors (Lipinski definition) is 2. The van der Waals surface area contributed by atoms with Crippen molar-refractivity contribution in [3.8, 4) is 11.5 Å². The average Bonchev–Trinajstić information content (AvgIpc) is 2.73. The van der Waals surface area contributed by atoms with E-state index in [0.29, 0.717) is 23.9 Å². The number of nitrogens with one attached hydrogen (secondary N) is 2. The molecule has 3 aromatic rings. The van der Waals surface area contributed by atoms with Crippen molar-refractivity contribution in [3.63, 3.8) is 0 Å². The van der Waals surface area contributed by atoms with Crippen molar-refractivity contribution in [1.29, 1.82) is 0 Å². The molecule has 0 heterocycles. The van der Waals surface area contributed by atoms with E-state index in [9.17, 15) is 4.79 Å². The fraction of sp³-hybridized carbons (Fsp3) is 0.136. The molecule has 0 aromatic heterocycles. The van der Waals surface area contributed by atoms with Crippen LogP contribution in [0.2, 0.25) is 5.02 Å². The Labute approximate surface area is 169 Å². The summed E-state index contributed by atoms with van der Waals surface area (Å²) in [6.45, 7) is 0.879. The van der Waals surface area contributed by atoms with Crippen LogP contribution in [0.25, 0.3) is 0 Å². The average molecular weight is 397 g/mol. The highest BCUT2D eigenvalue weighted by molar-refractivity contribution is 6.30. The molecule has 0 aliphatic carbocycles. The third-order valence-electron chi connectivity index (χ3n) is 4.04. The SMILES string of the molecule is COc1ccc(CNC(=O)Nc2ccc(OCc3ccc(Cl)cc3)cc2)cc1. The van der Waals surface area contributed by atoms with Gasteiger partial charge in [0.25, 0.3) is 0 Å². The van der Waals surface area contributed by atoms with Crippen molar-refractivity contribution in [3.05, 3.63) is 88.9 Å². The number of amides is 2. The normalized spacial score (nSPS) is 10.2. The molecule has 144 valence electrons. The van der Waals surface area contributed by atoms with Crippen molar-refractivity contribution < 1.29 is 14.3 Å². The van der Waals surface area contributed by atoms with Crippen molar-refractivity contribution in [2.75, 3.05) is 12.4 Å². The van der Waals surface area contributed by atoms with E-state index in [1.807, 2.05) is 60.7 Å². The molecule has 6 heteroatoms. The second kappa shape index (κ2) is 9.67. The Bertz CT molecular complexity index is 895. The first-order valence-electron chi connectivity index (χ1n) is 8.77. The van der Waals surface area contributed by atoms with Gasteiger partial charge in [-0.25, -0.2) is 4.79 Å². The summed E-state index contributed by atoms with van der Waals surface area (Å²) < 4.78 is 10.8. The molecular formula is C22H21ClN2O3. The molecule has 0 spiro atoms. The van der Waals surface area contributed by atoms with E-state index < -0.39 is 0 Å². The maximum atomic E-state index is 12.0. The van der Waals surface area contributed by atoms with Crippen LogP contribution in [-0.4, -0.2) is 13.1 Å². The largest absolute Gasteiger partial charge is 0.497 e. The minimum Gasteiger partial charge on any atom is -0.497 e. The molecule has 0 aliphatic rings. The summed E-state index contributed by atoms with van der Waals surface area (Å²) in [7, 11) is 1.62. The lowest BCUT2D eigenvalue weighted by Gasteiger charge is -2.10. The van der Waals surface area contributed by atoms with E-state index in [0.717, 1.165) is 22.6 Å². The minimum absolute atomic E-state index is 0.273. The molecule has 0 unspecified atom stereocenters. The zero-order chi connectivity index (χ0) is 19.8. The van der Waals surface area contributed by atoms with Gasteiger partial charge in [-0.2, -0.15) is 0 Å². The Hall–Kier alpha value is -3.18. The predicted octanol–water partition coefficient (Wildman–Crippen LogP) is 5.25. The van der Waals surface area contributed by atoms with Crippen LogP contribution in [0.1, 0.15) is 11.1 Å². The smallest absolute Gasteiger partial charge is 0.319 e. The van der Waals surface area contributed by atoms with Crippen molar-refractivity contribution in [2.24, 2.45) is 0 Å². The van der Waals surface area contributed by atoms with Crippen LogP contribution in [0.15, 0.2) is 72.8 Å². The first-order chi connectivity index (χ1) is 13.6. The van der Waals surface area contributed by atoms with Gasteiger partial charge in [-0.05, 0) is 59.7 Å². The second-order valence-electron chi connectivity index (χ2n) is 6.10. The van der Waals surface area contributed by atoms with Crippen molar-refractivity contribution in [1.82, 2.24) is 5.32 Å². The molecule has 0 fully saturated rings. The molecule has 0 aliphatic heterocycles. The van der Waals surface area contributed by atoms with Crippen LogP contribution in [0.4, 0.5) is 10.5 Å². The first-order valence-corrected chi connectivity index (χ1v) is 9.15. The van der Waals surface area contributed by atoms with E-state index in [1.165, 1.54) is 0 Å². The fourth-order valence-corrected chi connectivity index (χ4v) is 2.61. The van der Waals surface area contributed by atoms with Gasteiger partial charge >= 0.3 is 6.03 Å². The van der Waals surface area contributed by atoms with Gasteiger partial charge in [-0.1, -0.05) is 35.9 Å². The van der Waals surface area contributed by atoms with Gasteiger partial charge in [-0.3, -0.25) is 0 Å². The number of carbonyl (C=O) groups excluding carboxylic acids is 1. The van der Waals surface area contributed by atoms with E-state index in [-0.39, 0.29) is 6.03 Å². The highest BCUT2D eigenvalue weighted by atomic mass is 35.5. The monoisotopic (exact) mass is 396 g/mol. The Morgan fingerprint density at radius 1 is 0.857 bits per heavy atom. The van der Waals surface area contributed by atoms with Crippen LogP contribution >= 0.6 is 11.6 Å². The first kappa shape index (κ1) is 19.6. The molecule has 0 radical (unpaired) electrons. The molecule has 2 amide bonds. The van der Waals surface area contributed by atoms with Gasteiger partial charge in [0.15, 0.2) is 0 Å². The van der Waals surface area contributed by atoms with Crippen LogP contribution in [-0.2, 0) is 13.2 Å². The zero-order valence-corrected chi connectivity index (χ0v) is 16.2. The number of urea groups is 1. The van der Waals surface area contributed by atoms with E-state index in [2.05, 4.69) is 10.6 Å². The summed E-state index contributed by atoms with van der Waals surface area (Å²) in [6, 6.07) is 22.0. The topological polar surface area (TPSA) is 59.6 Å². The maximum absolute atomic E-state index is 12.0. The number of halogens is 1. The number of ether oxygens (including phenoxy) is 2. The lowest BCUT2D eigenvalue weighted by atomic mass is 10.2. The van der Waals surface area contributed by atoms with Crippen LogP contribution in [0.5, 0.6) is 11.5 Å². The highest BCUT2D eigenvalue weighted by Gasteiger charge is 2.03. The van der Waals surface area contributed by atoms with Gasteiger partial charge < -0.3 is 20.1 Å². The van der Waals surface area contributed by atoms with Crippen molar-refractivity contribution >= 4 is 23.3 Å². The molecule has 3 aromatic carbocycles. The maximum Gasteiger partial charge on any atom is 0.319 e. The third-order valence-corrected chi connectivity index (χ3v) is 4.30. The number of benzene rings is 3. The number of anilines is 1. The lowest BCUT2D eigenvalue weighted by Crippen LogP contribution is -2.28. The Balaban J connectivity index is 1.45. The van der Waals surface area contributed by atoms with E-state index in [1.54, 1.807) is 19.2 Å². The summed E-state index contributed by atoms with van der Waals surface area (Å²) in [4.78, 5) is 12.0. The fourth-order valence-electron chi connectivity index (χ4n) is 2.48. The van der Waals surface area contributed by atoms with E-state index >= 15 is 0 Å². The summed E-state index contributed by atoms with van der Waals surface area (Å²) in [5, 5.41) is 6.31. The molecule has 0 bridgehead atoms. The third kappa shape index (κ3) is 5.93. The van der Waals surface area contributed by atoms with Crippen molar-refractivity contribution in [2.45, 2.75) is 13.2 Å². The van der Waals surface area contributed by atoms with Crippen LogP contribution in [0.3, 0.4) is 0 Å². The van der Waals surface area contributed by atoms with E-state index in [4.69, 9.17) is 21.1 Å². The predicted molar refractivity (Wildman–Crippen MR) is 111 cm³/mol. The van der Waals surface area contributed by atoms with Gasteiger partial charge in [0.05, 0.1) is 7.11 Å². The second-order valence-corrected chi connectivity index (χ2v) is 6.53. The molecular weight excluding hydrogens is 376 g/mol. The summed E-state index contributed by atoms with van der Waals surface area (Å²) in [5.74, 6) is 1.51. The van der Waals surface area contributed by atoms with Gasteiger partial charge in [-0.15, -0.1) is 0 Å².